The summed E-state index contributed by atoms with van der Waals surface area (Å²) in [5.41, 5.74) is 9.24. The fourth-order valence-electron chi connectivity index (χ4n) is 8.82. The van der Waals surface area contributed by atoms with Crippen molar-refractivity contribution in [1.29, 1.82) is 0 Å². The highest BCUT2D eigenvalue weighted by Crippen LogP contribution is 2.54. The van der Waals surface area contributed by atoms with Crippen LogP contribution >= 0.6 is 0 Å². The van der Waals surface area contributed by atoms with Crippen molar-refractivity contribution in [3.63, 3.8) is 0 Å². The number of hydrogen-bond donors (Lipinski definition) is 2. The van der Waals surface area contributed by atoms with Gasteiger partial charge in [0.1, 0.15) is 0 Å². The van der Waals surface area contributed by atoms with Gasteiger partial charge >= 0.3 is 11.9 Å². The topological polar surface area (TPSA) is 74.6 Å². The van der Waals surface area contributed by atoms with Crippen LogP contribution in [-0.4, -0.2) is 22.2 Å². The van der Waals surface area contributed by atoms with Gasteiger partial charge in [-0.2, -0.15) is 0 Å². The van der Waals surface area contributed by atoms with E-state index in [0.29, 0.717) is 0 Å². The van der Waals surface area contributed by atoms with E-state index in [-0.39, 0.29) is 16.5 Å². The Bertz CT molecular complexity index is 1920. The van der Waals surface area contributed by atoms with Gasteiger partial charge in [-0.3, -0.25) is 0 Å². The third-order valence-electron chi connectivity index (χ3n) is 12.2. The lowest BCUT2D eigenvalue weighted by Crippen LogP contribution is -2.26. The van der Waals surface area contributed by atoms with Crippen LogP contribution in [0.2, 0.25) is 0 Å². The fourth-order valence-corrected chi connectivity index (χ4v) is 8.82. The second-order valence-corrected chi connectivity index (χ2v) is 16.7. The first-order valence-corrected chi connectivity index (χ1v) is 22.8. The molecule has 1 aliphatic carbocycles. The van der Waals surface area contributed by atoms with Crippen molar-refractivity contribution in [2.24, 2.45) is 0 Å². The van der Waals surface area contributed by atoms with Crippen LogP contribution in [0.25, 0.3) is 11.1 Å². The van der Waals surface area contributed by atoms with Crippen LogP contribution in [0.4, 0.5) is 0 Å². The van der Waals surface area contributed by atoms with Crippen LogP contribution in [-0.2, 0) is 5.41 Å². The maximum absolute atomic E-state index is 11.4. The Labute approximate surface area is 355 Å². The molecule has 4 aromatic carbocycles. The lowest BCUT2D eigenvalue weighted by atomic mass is 9.70. The van der Waals surface area contributed by atoms with Crippen LogP contribution in [0.5, 0.6) is 0 Å². The van der Waals surface area contributed by atoms with Gasteiger partial charge in [-0.1, -0.05) is 178 Å². The standard InChI is InChI=1S/C55H66O4/c1-3-5-7-9-11-13-15-17-19-21-39-55(40-22-20-18-16-14-12-10-8-6-4-2)51-41-45(25-23-43-27-33-47(34-28-43)53(56)57)31-37-49(51)50-38-32-46(42-52(50)55)26-24-44-29-35-48(36-30-44)54(58)59/h27-38,41-42H,3-22,39-40H2,1-2H3,(H,56,57)(H,58,59). The normalized spacial score (nSPS) is 12.2. The molecule has 0 aliphatic heterocycles. The Morgan fingerprint density at radius 1 is 0.407 bits per heavy atom. The molecule has 0 saturated carbocycles. The van der Waals surface area contributed by atoms with E-state index in [9.17, 15) is 19.8 Å². The smallest absolute Gasteiger partial charge is 0.335 e. The van der Waals surface area contributed by atoms with Crippen molar-refractivity contribution in [2.75, 3.05) is 0 Å². The zero-order chi connectivity index (χ0) is 41.7. The molecule has 4 nitrogen and oxygen atoms in total. The summed E-state index contributed by atoms with van der Waals surface area (Å²) in [4.78, 5) is 22.8. The molecule has 0 fully saturated rings. The molecule has 4 aromatic rings. The van der Waals surface area contributed by atoms with E-state index < -0.39 is 11.9 Å². The Hall–Kier alpha value is -5.06. The number of carboxylic acid groups (broad SMARTS) is 2. The highest BCUT2D eigenvalue weighted by molar-refractivity contribution is 5.88. The summed E-state index contributed by atoms with van der Waals surface area (Å²) in [5.74, 6) is 11.6. The van der Waals surface area contributed by atoms with E-state index in [1.165, 1.54) is 151 Å². The van der Waals surface area contributed by atoms with Gasteiger partial charge in [-0.15, -0.1) is 0 Å². The van der Waals surface area contributed by atoms with Gasteiger partial charge in [0.25, 0.3) is 0 Å². The molecule has 0 heterocycles. The van der Waals surface area contributed by atoms with Crippen LogP contribution in [0.1, 0.15) is 209 Å². The van der Waals surface area contributed by atoms with Gasteiger partial charge in [0.2, 0.25) is 0 Å². The number of unbranched alkanes of at least 4 members (excludes halogenated alkanes) is 18. The Morgan fingerprint density at radius 2 is 0.695 bits per heavy atom. The number of benzene rings is 4. The van der Waals surface area contributed by atoms with E-state index in [2.05, 4.69) is 73.9 Å². The molecule has 0 aromatic heterocycles. The summed E-state index contributed by atoms with van der Waals surface area (Å²) >= 11 is 0. The molecular weight excluding hydrogens is 725 g/mol. The minimum atomic E-state index is -0.938. The van der Waals surface area contributed by atoms with Crippen molar-refractivity contribution in [1.82, 2.24) is 0 Å². The Kier molecular flexibility index (Phi) is 18.4. The Balaban J connectivity index is 1.43. The molecule has 0 bridgehead atoms. The summed E-state index contributed by atoms with van der Waals surface area (Å²) in [6, 6.07) is 27.1. The predicted octanol–water partition coefficient (Wildman–Crippen LogP) is 14.8. The first-order valence-electron chi connectivity index (χ1n) is 22.8. The van der Waals surface area contributed by atoms with E-state index in [4.69, 9.17) is 0 Å². The second kappa shape index (κ2) is 24.1. The number of carboxylic acids is 2. The molecule has 0 unspecified atom stereocenters. The molecule has 0 saturated heterocycles. The Morgan fingerprint density at radius 3 is 1.02 bits per heavy atom. The molecule has 2 N–H and O–H groups in total. The lowest BCUT2D eigenvalue weighted by Gasteiger charge is -2.33. The molecule has 59 heavy (non-hydrogen) atoms. The van der Waals surface area contributed by atoms with E-state index in [1.54, 1.807) is 48.5 Å². The SMILES string of the molecule is CCCCCCCCCCCCC1(CCCCCCCCCCCC)c2cc(C#Cc3ccc(C(=O)O)cc3)ccc2-c2ccc(C#Cc3ccc(C(=O)O)cc3)cc21. The zero-order valence-electron chi connectivity index (χ0n) is 35.9. The van der Waals surface area contributed by atoms with Crippen molar-refractivity contribution >= 4 is 11.9 Å². The summed E-state index contributed by atoms with van der Waals surface area (Å²) in [7, 11) is 0. The average Bonchev–Trinajstić information content (AvgIpc) is 3.51. The lowest BCUT2D eigenvalue weighted by molar-refractivity contribution is 0.0686. The predicted molar refractivity (Wildman–Crippen MR) is 244 cm³/mol. The van der Waals surface area contributed by atoms with Gasteiger partial charge in [0, 0.05) is 27.7 Å². The molecule has 310 valence electrons. The van der Waals surface area contributed by atoms with Crippen LogP contribution in [0, 0.1) is 23.7 Å². The number of hydrogen-bond acceptors (Lipinski definition) is 2. The maximum atomic E-state index is 11.4. The quantitative estimate of drug-likeness (QED) is 0.0547. The van der Waals surface area contributed by atoms with Gasteiger partial charge < -0.3 is 10.2 Å². The number of rotatable bonds is 24. The maximum Gasteiger partial charge on any atom is 0.335 e. The zero-order valence-corrected chi connectivity index (χ0v) is 35.9. The minimum absolute atomic E-state index is 0.146. The molecule has 1 aliphatic rings. The molecule has 0 atom stereocenters. The average molecular weight is 791 g/mol. The largest absolute Gasteiger partial charge is 0.478 e. The van der Waals surface area contributed by atoms with Crippen LogP contribution in [0.3, 0.4) is 0 Å². The number of fused-ring (bicyclic) bond motifs is 3. The first kappa shape index (κ1) is 45.0. The van der Waals surface area contributed by atoms with Crippen molar-refractivity contribution in [3.05, 3.63) is 129 Å². The molecule has 0 amide bonds. The van der Waals surface area contributed by atoms with Crippen LogP contribution < -0.4 is 0 Å². The summed E-state index contributed by atoms with van der Waals surface area (Å²) in [5, 5.41) is 18.7. The molecule has 0 radical (unpaired) electrons. The van der Waals surface area contributed by atoms with Gasteiger partial charge in [0.05, 0.1) is 11.1 Å². The summed E-state index contributed by atoms with van der Waals surface area (Å²) < 4.78 is 0. The summed E-state index contributed by atoms with van der Waals surface area (Å²) in [6.45, 7) is 4.56. The third-order valence-corrected chi connectivity index (χ3v) is 12.2. The highest BCUT2D eigenvalue weighted by Gasteiger charge is 2.42. The van der Waals surface area contributed by atoms with Gasteiger partial charge in [0.15, 0.2) is 0 Å². The van der Waals surface area contributed by atoms with Crippen molar-refractivity contribution in [3.8, 4) is 34.8 Å². The monoisotopic (exact) mass is 790 g/mol. The second-order valence-electron chi connectivity index (χ2n) is 16.7. The van der Waals surface area contributed by atoms with Gasteiger partial charge in [-0.25, -0.2) is 9.59 Å². The molecular formula is C55H66O4. The number of carbonyl (C=O) groups is 2. The van der Waals surface area contributed by atoms with Crippen LogP contribution in [0.15, 0.2) is 84.9 Å². The third kappa shape index (κ3) is 13.5. The fraction of sp³-hybridized carbons (Fsp3) is 0.455. The van der Waals surface area contributed by atoms with E-state index >= 15 is 0 Å². The van der Waals surface area contributed by atoms with E-state index in [1.807, 2.05) is 0 Å². The molecule has 0 spiro atoms. The van der Waals surface area contributed by atoms with Crippen molar-refractivity contribution < 1.29 is 19.8 Å². The molecule has 4 heteroatoms. The first-order chi connectivity index (χ1) is 28.8. The number of aromatic carboxylic acids is 2. The van der Waals surface area contributed by atoms with Crippen molar-refractivity contribution in [2.45, 2.75) is 161 Å². The summed E-state index contributed by atoms with van der Waals surface area (Å²) in [6.07, 6.45) is 28.3. The van der Waals surface area contributed by atoms with E-state index in [0.717, 1.165) is 35.1 Å². The molecule has 5 rings (SSSR count). The van der Waals surface area contributed by atoms with Gasteiger partial charge in [-0.05, 0) is 108 Å². The minimum Gasteiger partial charge on any atom is -0.478 e. The highest BCUT2D eigenvalue weighted by atomic mass is 16.4.